The first-order valence-corrected chi connectivity index (χ1v) is 7.19. The molecule has 1 heterocycles. The molecule has 2 aliphatic rings. The van der Waals surface area contributed by atoms with Crippen LogP contribution >= 0.6 is 12.4 Å². The Hall–Kier alpha value is -0.730. The summed E-state index contributed by atoms with van der Waals surface area (Å²) < 4.78 is 0. The summed E-state index contributed by atoms with van der Waals surface area (Å²) in [7, 11) is 2.25. The maximum absolute atomic E-state index is 9.77. The second-order valence-electron chi connectivity index (χ2n) is 6.16. The van der Waals surface area contributed by atoms with Gasteiger partial charge in [-0.3, -0.25) is 0 Å². The first kappa shape index (κ1) is 14.7. The Morgan fingerprint density at radius 3 is 2.84 bits per heavy atom. The van der Waals surface area contributed by atoms with Crippen LogP contribution in [-0.2, 0) is 5.41 Å². The number of nitrogens with zero attached hydrogens (tertiary/aromatic N) is 1. The zero-order chi connectivity index (χ0) is 12.6. The molecule has 1 aromatic rings. The lowest BCUT2D eigenvalue weighted by molar-refractivity contribution is 0.252. The molecule has 1 N–H and O–H groups in total. The molecular weight excluding hydrogens is 258 g/mol. The monoisotopic (exact) mass is 281 g/mol. The van der Waals surface area contributed by atoms with E-state index in [0.29, 0.717) is 11.2 Å². The fraction of sp³-hybridized carbons (Fsp3) is 0.625. The van der Waals surface area contributed by atoms with E-state index < -0.39 is 0 Å². The Kier molecular flexibility index (Phi) is 4.42. The van der Waals surface area contributed by atoms with Gasteiger partial charge in [0.1, 0.15) is 5.75 Å². The number of phenolic OH excluding ortho intramolecular Hbond substituents is 1. The summed E-state index contributed by atoms with van der Waals surface area (Å²) in [6.45, 7) is 2.44. The van der Waals surface area contributed by atoms with Crippen molar-refractivity contribution >= 4 is 12.4 Å². The summed E-state index contributed by atoms with van der Waals surface area (Å²) in [4.78, 5) is 2.49. The van der Waals surface area contributed by atoms with Crippen molar-refractivity contribution in [2.45, 2.75) is 37.5 Å². The molecule has 0 radical (unpaired) electrons. The number of benzene rings is 1. The average Bonchev–Trinajstić information content (AvgIpc) is 2.66. The molecule has 0 aromatic heterocycles. The van der Waals surface area contributed by atoms with Crippen LogP contribution in [0.3, 0.4) is 0 Å². The number of halogens is 1. The van der Waals surface area contributed by atoms with E-state index in [9.17, 15) is 5.11 Å². The Morgan fingerprint density at radius 1 is 1.26 bits per heavy atom. The Balaban J connectivity index is 0.00000133. The number of fused-ring (bicyclic) bond motifs is 1. The first-order valence-electron chi connectivity index (χ1n) is 7.19. The zero-order valence-electron chi connectivity index (χ0n) is 11.6. The summed E-state index contributed by atoms with van der Waals surface area (Å²) in [5.74, 6) is 1.19. The fourth-order valence-electron chi connectivity index (χ4n) is 4.21. The molecular formula is C16H24ClNO. The highest BCUT2D eigenvalue weighted by Crippen LogP contribution is 2.50. The molecule has 1 aromatic carbocycles. The molecule has 3 heteroatoms. The normalized spacial score (nSPS) is 31.3. The molecule has 0 amide bonds. The van der Waals surface area contributed by atoms with Crippen molar-refractivity contribution in [1.82, 2.24) is 4.90 Å². The van der Waals surface area contributed by atoms with Gasteiger partial charge in [-0.2, -0.15) is 0 Å². The highest BCUT2D eigenvalue weighted by molar-refractivity contribution is 5.85. The second kappa shape index (κ2) is 5.72. The zero-order valence-corrected chi connectivity index (χ0v) is 12.5. The summed E-state index contributed by atoms with van der Waals surface area (Å²) in [5, 5.41) is 9.77. The number of hydrogen-bond acceptors (Lipinski definition) is 2. The third kappa shape index (κ3) is 2.61. The van der Waals surface area contributed by atoms with Gasteiger partial charge in [-0.05, 0) is 68.3 Å². The van der Waals surface area contributed by atoms with Gasteiger partial charge in [-0.25, -0.2) is 0 Å². The molecule has 2 fully saturated rings. The van der Waals surface area contributed by atoms with Gasteiger partial charge in [0.15, 0.2) is 0 Å². The molecule has 0 unspecified atom stereocenters. The lowest BCUT2D eigenvalue weighted by Crippen LogP contribution is -2.34. The maximum Gasteiger partial charge on any atom is 0.115 e. The minimum Gasteiger partial charge on any atom is -0.508 e. The number of likely N-dealkylation sites (tertiary alicyclic amines) is 1. The summed E-state index contributed by atoms with van der Waals surface area (Å²) in [6, 6.07) is 8.02. The van der Waals surface area contributed by atoms with Gasteiger partial charge in [-0.15, -0.1) is 12.4 Å². The molecule has 1 saturated carbocycles. The highest BCUT2D eigenvalue weighted by atomic mass is 35.5. The van der Waals surface area contributed by atoms with E-state index in [4.69, 9.17) is 0 Å². The summed E-state index contributed by atoms with van der Waals surface area (Å²) >= 11 is 0. The smallest absolute Gasteiger partial charge is 0.115 e. The molecule has 0 spiro atoms. The first-order chi connectivity index (χ1) is 8.71. The van der Waals surface area contributed by atoms with Crippen LogP contribution in [0.5, 0.6) is 5.75 Å². The van der Waals surface area contributed by atoms with Crippen LogP contribution in [-0.4, -0.2) is 30.1 Å². The number of rotatable bonds is 1. The number of aromatic hydroxyl groups is 1. The van der Waals surface area contributed by atoms with Crippen molar-refractivity contribution in [1.29, 1.82) is 0 Å². The van der Waals surface area contributed by atoms with Gasteiger partial charge in [0, 0.05) is 6.54 Å². The molecule has 0 bridgehead atoms. The third-order valence-electron chi connectivity index (χ3n) is 5.07. The van der Waals surface area contributed by atoms with Crippen molar-refractivity contribution < 1.29 is 5.11 Å². The quantitative estimate of drug-likeness (QED) is 0.851. The van der Waals surface area contributed by atoms with Crippen LogP contribution in [0.15, 0.2) is 24.3 Å². The summed E-state index contributed by atoms with van der Waals surface area (Å²) in [5.41, 5.74) is 1.71. The average molecular weight is 282 g/mol. The minimum absolute atomic E-state index is 0. The number of hydrogen-bond donors (Lipinski definition) is 1. The lowest BCUT2D eigenvalue weighted by Gasteiger charge is -2.35. The van der Waals surface area contributed by atoms with E-state index in [1.54, 1.807) is 6.07 Å². The molecule has 1 saturated heterocycles. The Bertz CT molecular complexity index is 437. The molecule has 2 atom stereocenters. The molecule has 2 nitrogen and oxygen atoms in total. The van der Waals surface area contributed by atoms with Gasteiger partial charge >= 0.3 is 0 Å². The largest absolute Gasteiger partial charge is 0.508 e. The van der Waals surface area contributed by atoms with E-state index in [2.05, 4.69) is 18.0 Å². The highest BCUT2D eigenvalue weighted by Gasteiger charge is 2.45. The van der Waals surface area contributed by atoms with Crippen LogP contribution in [0.25, 0.3) is 0 Å². The molecule has 1 aliphatic carbocycles. The van der Waals surface area contributed by atoms with Gasteiger partial charge in [0.05, 0.1) is 0 Å². The van der Waals surface area contributed by atoms with Crippen LogP contribution in [0.1, 0.15) is 37.7 Å². The van der Waals surface area contributed by atoms with Crippen LogP contribution in [0.2, 0.25) is 0 Å². The van der Waals surface area contributed by atoms with E-state index in [1.165, 1.54) is 50.8 Å². The Labute approximate surface area is 122 Å². The van der Waals surface area contributed by atoms with Gasteiger partial charge in [0.2, 0.25) is 0 Å². The Morgan fingerprint density at radius 2 is 2.05 bits per heavy atom. The lowest BCUT2D eigenvalue weighted by atomic mass is 9.69. The van der Waals surface area contributed by atoms with Crippen LogP contribution < -0.4 is 0 Å². The van der Waals surface area contributed by atoms with Crippen molar-refractivity contribution in [2.75, 3.05) is 20.1 Å². The SMILES string of the molecule is CN1CCC[C@]2(c3cccc(O)c3)CCC[C@@H]2C1.Cl. The van der Waals surface area contributed by atoms with Crippen LogP contribution in [0, 0.1) is 5.92 Å². The third-order valence-corrected chi connectivity index (χ3v) is 5.07. The molecule has 106 valence electrons. The molecule has 1 aliphatic heterocycles. The van der Waals surface area contributed by atoms with Crippen molar-refractivity contribution in [3.8, 4) is 5.75 Å². The van der Waals surface area contributed by atoms with E-state index in [1.807, 2.05) is 12.1 Å². The number of phenols is 1. The van der Waals surface area contributed by atoms with Gasteiger partial charge < -0.3 is 10.0 Å². The topological polar surface area (TPSA) is 23.5 Å². The van der Waals surface area contributed by atoms with Gasteiger partial charge in [0.25, 0.3) is 0 Å². The molecule has 19 heavy (non-hydrogen) atoms. The molecule has 3 rings (SSSR count). The van der Waals surface area contributed by atoms with Crippen molar-refractivity contribution in [3.63, 3.8) is 0 Å². The predicted molar refractivity (Wildman–Crippen MR) is 81.1 cm³/mol. The second-order valence-corrected chi connectivity index (χ2v) is 6.16. The fourth-order valence-corrected chi connectivity index (χ4v) is 4.21. The van der Waals surface area contributed by atoms with Crippen molar-refractivity contribution in [3.05, 3.63) is 29.8 Å². The summed E-state index contributed by atoms with van der Waals surface area (Å²) in [6.07, 6.45) is 6.55. The van der Waals surface area contributed by atoms with E-state index in [0.717, 1.165) is 5.92 Å². The predicted octanol–water partition coefficient (Wildman–Crippen LogP) is 3.58. The van der Waals surface area contributed by atoms with Crippen molar-refractivity contribution in [2.24, 2.45) is 5.92 Å². The maximum atomic E-state index is 9.77. The van der Waals surface area contributed by atoms with Gasteiger partial charge in [-0.1, -0.05) is 18.6 Å². The van der Waals surface area contributed by atoms with E-state index >= 15 is 0 Å². The van der Waals surface area contributed by atoms with E-state index in [-0.39, 0.29) is 12.4 Å². The minimum atomic E-state index is 0. The standard InChI is InChI=1S/C16H23NO.ClH/c1-17-10-4-9-16(8-3-6-14(16)12-17)13-5-2-7-15(18)11-13;/h2,5,7,11,14,18H,3-4,6,8-10,12H2,1H3;1H/t14-,16+;/m1./s1. The van der Waals surface area contributed by atoms with Crippen LogP contribution in [0.4, 0.5) is 0 Å².